The maximum absolute atomic E-state index is 13.0. The van der Waals surface area contributed by atoms with Crippen LogP contribution in [0, 0.1) is 0 Å². The number of aliphatic hydroxyl groups is 1. The second kappa shape index (κ2) is 68.8. The van der Waals surface area contributed by atoms with Gasteiger partial charge in [-0.2, -0.15) is 0 Å². The lowest BCUT2D eigenvalue weighted by molar-refractivity contribution is -0.870. The Bertz CT molecular complexity index is 1560. The summed E-state index contributed by atoms with van der Waals surface area (Å²) in [5.74, 6) is -0.204. The standard InChI is InChI=1S/C78H151N2O6P/c1-6-8-10-12-14-16-18-20-22-24-26-28-30-32-33-34-35-36-37-38-39-40-41-42-43-44-45-46-47-48-50-52-54-56-58-60-62-64-66-68-70-72-78(82)79-76(75-86-87(83,84)85-74-73-80(3,4)5)77(81)71-69-67-65-63-61-59-57-55-53-51-49-31-29-27-25-23-21-19-17-15-13-11-9-7-2/h24,26,53,55,61,63,69,71,76-77,81H,6-23,25,27-52,54,56-60,62,64-68,70,72-75H2,1-5H3,(H-,79,82,83,84)/b26-24-,55-53+,63-61+,71-69+. The first-order valence-electron chi connectivity index (χ1n) is 38.5. The fourth-order valence-corrected chi connectivity index (χ4v) is 12.5. The molecule has 0 aromatic carbocycles. The molecule has 0 heterocycles. The summed E-state index contributed by atoms with van der Waals surface area (Å²) < 4.78 is 23.5. The minimum atomic E-state index is -4.62. The van der Waals surface area contributed by atoms with Crippen molar-refractivity contribution >= 4 is 13.7 Å². The molecule has 1 amide bonds. The van der Waals surface area contributed by atoms with Crippen LogP contribution in [-0.4, -0.2) is 68.5 Å². The average molecular weight is 1240 g/mol. The number of likely N-dealkylation sites (N-methyl/N-ethyl adjacent to an activating group) is 1. The molecule has 3 atom stereocenters. The first kappa shape index (κ1) is 85.5. The van der Waals surface area contributed by atoms with Gasteiger partial charge in [0.1, 0.15) is 13.2 Å². The van der Waals surface area contributed by atoms with Gasteiger partial charge in [-0.05, 0) is 70.6 Å². The number of quaternary nitrogens is 1. The van der Waals surface area contributed by atoms with Crippen LogP contribution >= 0.6 is 7.82 Å². The van der Waals surface area contributed by atoms with E-state index < -0.39 is 26.6 Å². The maximum Gasteiger partial charge on any atom is 0.268 e. The summed E-state index contributed by atoms with van der Waals surface area (Å²) >= 11 is 0. The largest absolute Gasteiger partial charge is 0.756 e. The van der Waals surface area contributed by atoms with Gasteiger partial charge in [-0.15, -0.1) is 0 Å². The van der Waals surface area contributed by atoms with Gasteiger partial charge >= 0.3 is 0 Å². The van der Waals surface area contributed by atoms with Crippen molar-refractivity contribution in [2.24, 2.45) is 0 Å². The summed E-state index contributed by atoms with van der Waals surface area (Å²) in [7, 11) is 1.25. The molecule has 3 unspecified atom stereocenters. The molecule has 0 saturated carbocycles. The first-order chi connectivity index (χ1) is 42.5. The van der Waals surface area contributed by atoms with Crippen molar-refractivity contribution in [3.8, 4) is 0 Å². The van der Waals surface area contributed by atoms with Gasteiger partial charge < -0.3 is 28.8 Å². The number of rotatable bonds is 72. The molecule has 0 aliphatic heterocycles. The van der Waals surface area contributed by atoms with Crippen LogP contribution < -0.4 is 10.2 Å². The van der Waals surface area contributed by atoms with Crippen molar-refractivity contribution in [2.75, 3.05) is 40.9 Å². The van der Waals surface area contributed by atoms with Crippen LogP contribution in [0.2, 0.25) is 0 Å². The predicted molar refractivity (Wildman–Crippen MR) is 381 cm³/mol. The van der Waals surface area contributed by atoms with E-state index in [1.165, 1.54) is 327 Å². The molecule has 87 heavy (non-hydrogen) atoms. The van der Waals surface area contributed by atoms with E-state index in [0.29, 0.717) is 17.4 Å². The first-order valence-corrected chi connectivity index (χ1v) is 40.0. The quantitative estimate of drug-likeness (QED) is 0.0272. The molecule has 2 N–H and O–H groups in total. The fraction of sp³-hybridized carbons (Fsp3) is 0.885. The SMILES string of the molecule is CCCCCCCCCC/C=C\CCCCCCCCCCCCCCCCCCCCCCCCCCCCCCCC(=O)NC(COP(=O)([O-])OCC[N+](C)(C)C)C(O)/C=C/CC/C=C/CC/C=C/CCCCCCCCCCCCCCCC. The van der Waals surface area contributed by atoms with Gasteiger partial charge in [-0.3, -0.25) is 9.36 Å². The number of hydrogen-bond acceptors (Lipinski definition) is 6. The number of nitrogens with zero attached hydrogens (tertiary/aromatic N) is 1. The second-order valence-corrected chi connectivity index (χ2v) is 29.1. The number of unbranched alkanes of at least 4 members (excludes halogenated alkanes) is 53. The van der Waals surface area contributed by atoms with Gasteiger partial charge in [-0.1, -0.05) is 364 Å². The Morgan fingerprint density at radius 1 is 0.391 bits per heavy atom. The van der Waals surface area contributed by atoms with E-state index in [0.717, 1.165) is 44.9 Å². The molecule has 0 aliphatic rings. The Kier molecular flexibility index (Phi) is 67.6. The van der Waals surface area contributed by atoms with Gasteiger partial charge in [0.05, 0.1) is 39.9 Å². The third kappa shape index (κ3) is 71.8. The Balaban J connectivity index is 3.94. The normalized spacial score (nSPS) is 13.8. The van der Waals surface area contributed by atoms with E-state index in [1.54, 1.807) is 6.08 Å². The number of phosphoric acid groups is 1. The summed E-state index contributed by atoms with van der Waals surface area (Å²) in [5.41, 5.74) is 0. The molecular formula is C78H151N2O6P. The molecule has 514 valence electrons. The van der Waals surface area contributed by atoms with Gasteiger partial charge in [0.15, 0.2) is 0 Å². The molecule has 0 bridgehead atoms. The molecule has 0 fully saturated rings. The average Bonchev–Trinajstić information content (AvgIpc) is 3.71. The molecule has 0 saturated heterocycles. The van der Waals surface area contributed by atoms with Crippen molar-refractivity contribution in [1.29, 1.82) is 0 Å². The van der Waals surface area contributed by atoms with Crippen LogP contribution in [0.15, 0.2) is 48.6 Å². The monoisotopic (exact) mass is 1240 g/mol. The zero-order chi connectivity index (χ0) is 63.4. The zero-order valence-corrected chi connectivity index (χ0v) is 59.9. The summed E-state index contributed by atoms with van der Waals surface area (Å²) in [6.45, 7) is 4.67. The van der Waals surface area contributed by atoms with Gasteiger partial charge in [-0.25, -0.2) is 0 Å². The van der Waals surface area contributed by atoms with E-state index in [4.69, 9.17) is 9.05 Å². The van der Waals surface area contributed by atoms with Gasteiger partial charge in [0, 0.05) is 6.42 Å². The molecule has 8 nitrogen and oxygen atoms in total. The highest BCUT2D eigenvalue weighted by Crippen LogP contribution is 2.38. The van der Waals surface area contributed by atoms with Crippen LogP contribution in [-0.2, 0) is 18.4 Å². The lowest BCUT2D eigenvalue weighted by Crippen LogP contribution is -2.45. The summed E-state index contributed by atoms with van der Waals surface area (Å²) in [6.07, 6.45) is 94.3. The van der Waals surface area contributed by atoms with Gasteiger partial charge in [0.25, 0.3) is 7.82 Å². The molecule has 0 radical (unpaired) electrons. The van der Waals surface area contributed by atoms with Crippen molar-refractivity contribution in [1.82, 2.24) is 5.32 Å². The maximum atomic E-state index is 13.0. The van der Waals surface area contributed by atoms with Crippen LogP contribution in [0.1, 0.15) is 393 Å². The van der Waals surface area contributed by atoms with E-state index in [2.05, 4.69) is 55.6 Å². The number of hydrogen-bond donors (Lipinski definition) is 2. The number of amides is 1. The van der Waals surface area contributed by atoms with E-state index in [-0.39, 0.29) is 12.5 Å². The van der Waals surface area contributed by atoms with Crippen LogP contribution in [0.3, 0.4) is 0 Å². The van der Waals surface area contributed by atoms with Crippen molar-refractivity contribution in [2.45, 2.75) is 405 Å². The Labute approximate surface area is 543 Å². The summed E-state index contributed by atoms with van der Waals surface area (Å²) in [6, 6.07) is -0.911. The van der Waals surface area contributed by atoms with E-state index >= 15 is 0 Å². The molecule has 0 aliphatic carbocycles. The highest BCUT2D eigenvalue weighted by Gasteiger charge is 2.23. The molecule has 0 aromatic rings. The van der Waals surface area contributed by atoms with Crippen molar-refractivity contribution in [3.63, 3.8) is 0 Å². The molecule has 0 spiro atoms. The summed E-state index contributed by atoms with van der Waals surface area (Å²) in [5, 5.41) is 13.9. The Morgan fingerprint density at radius 3 is 0.931 bits per heavy atom. The van der Waals surface area contributed by atoms with E-state index in [9.17, 15) is 19.4 Å². The Hall–Kier alpha value is -1.54. The van der Waals surface area contributed by atoms with Crippen LogP contribution in [0.4, 0.5) is 0 Å². The highest BCUT2D eigenvalue weighted by atomic mass is 31.2. The number of allylic oxidation sites excluding steroid dienone is 7. The lowest BCUT2D eigenvalue weighted by Gasteiger charge is -2.29. The minimum Gasteiger partial charge on any atom is -0.756 e. The molecule has 0 aromatic heterocycles. The molecular weight excluding hydrogens is 1090 g/mol. The third-order valence-electron chi connectivity index (χ3n) is 17.7. The lowest BCUT2D eigenvalue weighted by atomic mass is 10.0. The van der Waals surface area contributed by atoms with Crippen molar-refractivity contribution < 1.29 is 32.9 Å². The highest BCUT2D eigenvalue weighted by molar-refractivity contribution is 7.45. The second-order valence-electron chi connectivity index (χ2n) is 27.7. The number of carbonyl (C=O) groups is 1. The Morgan fingerprint density at radius 2 is 0.644 bits per heavy atom. The zero-order valence-electron chi connectivity index (χ0n) is 59.0. The van der Waals surface area contributed by atoms with Crippen LogP contribution in [0.5, 0.6) is 0 Å². The summed E-state index contributed by atoms with van der Waals surface area (Å²) in [4.78, 5) is 25.6. The number of phosphoric ester groups is 1. The van der Waals surface area contributed by atoms with E-state index in [1.807, 2.05) is 27.2 Å². The fourth-order valence-electron chi connectivity index (χ4n) is 11.8. The third-order valence-corrected chi connectivity index (χ3v) is 18.7. The number of nitrogens with one attached hydrogen (secondary N) is 1. The van der Waals surface area contributed by atoms with Gasteiger partial charge in [0.2, 0.25) is 5.91 Å². The number of carbonyl (C=O) groups excluding carboxylic acids is 1. The topological polar surface area (TPSA) is 108 Å². The van der Waals surface area contributed by atoms with Crippen molar-refractivity contribution in [3.05, 3.63) is 48.6 Å². The predicted octanol–water partition coefficient (Wildman–Crippen LogP) is 24.3. The smallest absolute Gasteiger partial charge is 0.268 e. The number of aliphatic hydroxyl groups excluding tert-OH is 1. The minimum absolute atomic E-state index is 0.00765. The molecule has 0 rings (SSSR count). The molecule has 9 heteroatoms. The van der Waals surface area contributed by atoms with Crippen LogP contribution in [0.25, 0.3) is 0 Å².